The van der Waals surface area contributed by atoms with Crippen LogP contribution in [0.4, 0.5) is 0 Å². The zero-order valence-corrected chi connectivity index (χ0v) is 40.9. The largest absolute Gasteiger partial charge is 0.462 e. The summed E-state index contributed by atoms with van der Waals surface area (Å²) in [5.41, 5.74) is 0. The molecular weight excluding hydrogens is 765 g/mol. The van der Waals surface area contributed by atoms with E-state index >= 15 is 0 Å². The van der Waals surface area contributed by atoms with Gasteiger partial charge in [0.2, 0.25) is 0 Å². The summed E-state index contributed by atoms with van der Waals surface area (Å²) in [6.07, 6.45) is 68.7. The number of hydrogen-bond acceptors (Lipinski definition) is 5. The van der Waals surface area contributed by atoms with Crippen LogP contribution in [-0.2, 0) is 23.8 Å². The Morgan fingerprint density at radius 1 is 0.371 bits per heavy atom. The molecule has 0 saturated heterocycles. The quantitative estimate of drug-likeness (QED) is 0.0346. The maximum Gasteiger partial charge on any atom is 0.306 e. The third-order valence-corrected chi connectivity index (χ3v) is 10.9. The number of hydrogen-bond donors (Lipinski definition) is 0. The van der Waals surface area contributed by atoms with E-state index in [1.165, 1.54) is 103 Å². The highest BCUT2D eigenvalue weighted by Gasteiger charge is 2.17. The first kappa shape index (κ1) is 59.1. The predicted molar refractivity (Wildman–Crippen MR) is 270 cm³/mol. The minimum atomic E-state index is -0.557. The van der Waals surface area contributed by atoms with Crippen LogP contribution >= 0.6 is 0 Å². The van der Waals surface area contributed by atoms with Crippen LogP contribution in [0.15, 0.2) is 85.1 Å². The van der Waals surface area contributed by atoms with Crippen LogP contribution in [0.25, 0.3) is 0 Å². The molecular formula is C57H98O5. The predicted octanol–water partition coefficient (Wildman–Crippen LogP) is 17.7. The molecule has 0 heterocycles. The smallest absolute Gasteiger partial charge is 0.306 e. The number of esters is 2. The Hall–Kier alpha value is -2.92. The molecule has 0 radical (unpaired) electrons. The van der Waals surface area contributed by atoms with Gasteiger partial charge in [0.15, 0.2) is 6.10 Å². The van der Waals surface area contributed by atoms with Crippen LogP contribution in [-0.4, -0.2) is 37.9 Å². The van der Waals surface area contributed by atoms with Gasteiger partial charge in [-0.15, -0.1) is 0 Å². The molecule has 0 aliphatic rings. The maximum atomic E-state index is 12.8. The van der Waals surface area contributed by atoms with Gasteiger partial charge in [-0.3, -0.25) is 9.59 Å². The van der Waals surface area contributed by atoms with Crippen molar-refractivity contribution < 1.29 is 23.8 Å². The minimum Gasteiger partial charge on any atom is -0.462 e. The average Bonchev–Trinajstić information content (AvgIpc) is 3.27. The molecule has 0 aromatic rings. The first-order valence-corrected chi connectivity index (χ1v) is 26.1. The zero-order valence-electron chi connectivity index (χ0n) is 40.9. The molecule has 0 aromatic heterocycles. The van der Waals surface area contributed by atoms with Crippen LogP contribution in [0.1, 0.15) is 239 Å². The molecule has 0 aromatic carbocycles. The Kier molecular flexibility index (Phi) is 50.0. The second kappa shape index (κ2) is 52.4. The average molecular weight is 863 g/mol. The molecule has 0 N–H and O–H groups in total. The lowest BCUT2D eigenvalue weighted by Crippen LogP contribution is -2.30. The molecule has 0 rings (SSSR count). The third kappa shape index (κ3) is 49.7. The van der Waals surface area contributed by atoms with E-state index in [0.29, 0.717) is 19.4 Å². The highest BCUT2D eigenvalue weighted by molar-refractivity contribution is 5.70. The number of unbranched alkanes of at least 4 members (excludes halogenated alkanes) is 22. The zero-order chi connectivity index (χ0) is 44.9. The minimum absolute atomic E-state index is 0.0660. The fourth-order valence-corrected chi connectivity index (χ4v) is 7.00. The molecule has 5 nitrogen and oxygen atoms in total. The van der Waals surface area contributed by atoms with Crippen molar-refractivity contribution in [1.29, 1.82) is 0 Å². The highest BCUT2D eigenvalue weighted by Crippen LogP contribution is 2.13. The molecule has 0 spiro atoms. The summed E-state index contributed by atoms with van der Waals surface area (Å²) in [5.74, 6) is -0.434. The molecule has 62 heavy (non-hydrogen) atoms. The molecule has 1 unspecified atom stereocenters. The van der Waals surface area contributed by atoms with Crippen LogP contribution in [0, 0.1) is 0 Å². The van der Waals surface area contributed by atoms with Gasteiger partial charge in [-0.25, -0.2) is 0 Å². The Morgan fingerprint density at radius 2 is 0.758 bits per heavy atom. The first-order chi connectivity index (χ1) is 30.6. The topological polar surface area (TPSA) is 61.8 Å². The SMILES string of the molecule is CC/C=C\C/C=C\C/C=C\CCCCCCCCCCOCC(COC(=O)CCCCCCC/C=C\C/C=C\CCCCC)OC(=O)CCCCCCC/C=C\C/C=C\CCC. The van der Waals surface area contributed by atoms with Gasteiger partial charge in [0.25, 0.3) is 0 Å². The summed E-state index contributed by atoms with van der Waals surface area (Å²) in [5, 5.41) is 0. The van der Waals surface area contributed by atoms with Gasteiger partial charge in [-0.05, 0) is 109 Å². The summed E-state index contributed by atoms with van der Waals surface area (Å²) in [4.78, 5) is 25.4. The number of ether oxygens (including phenoxy) is 3. The number of allylic oxidation sites excluding steroid dienone is 14. The van der Waals surface area contributed by atoms with Crippen molar-refractivity contribution in [2.24, 2.45) is 0 Å². The lowest BCUT2D eigenvalue weighted by atomic mass is 10.1. The van der Waals surface area contributed by atoms with Gasteiger partial charge in [0.05, 0.1) is 6.61 Å². The van der Waals surface area contributed by atoms with Crippen LogP contribution < -0.4 is 0 Å². The molecule has 0 aliphatic carbocycles. The third-order valence-electron chi connectivity index (χ3n) is 10.9. The van der Waals surface area contributed by atoms with Crippen LogP contribution in [0.3, 0.4) is 0 Å². The molecule has 0 bridgehead atoms. The second-order valence-electron chi connectivity index (χ2n) is 17.0. The van der Waals surface area contributed by atoms with Gasteiger partial charge in [0, 0.05) is 19.4 Å². The Labute approximate surface area is 384 Å². The number of carbonyl (C=O) groups excluding carboxylic acids is 2. The first-order valence-electron chi connectivity index (χ1n) is 26.1. The molecule has 0 saturated carbocycles. The number of carbonyl (C=O) groups is 2. The van der Waals surface area contributed by atoms with Gasteiger partial charge < -0.3 is 14.2 Å². The lowest BCUT2D eigenvalue weighted by Gasteiger charge is -2.18. The maximum absolute atomic E-state index is 12.8. The van der Waals surface area contributed by atoms with Gasteiger partial charge >= 0.3 is 11.9 Å². The molecule has 0 aliphatic heterocycles. The van der Waals surface area contributed by atoms with E-state index < -0.39 is 6.10 Å². The van der Waals surface area contributed by atoms with Crippen molar-refractivity contribution in [3.63, 3.8) is 0 Å². The summed E-state index contributed by atoms with van der Waals surface area (Å²) >= 11 is 0. The fraction of sp³-hybridized carbons (Fsp3) is 0.719. The second-order valence-corrected chi connectivity index (χ2v) is 17.0. The normalized spacial score (nSPS) is 12.9. The van der Waals surface area contributed by atoms with Crippen molar-refractivity contribution >= 4 is 11.9 Å². The van der Waals surface area contributed by atoms with Gasteiger partial charge in [0.1, 0.15) is 6.61 Å². The Bertz CT molecular complexity index is 1160. The monoisotopic (exact) mass is 863 g/mol. The fourth-order valence-electron chi connectivity index (χ4n) is 7.00. The van der Waals surface area contributed by atoms with Crippen LogP contribution in [0.2, 0.25) is 0 Å². The number of rotatable bonds is 47. The van der Waals surface area contributed by atoms with E-state index in [1.807, 2.05) is 0 Å². The Balaban J connectivity index is 4.31. The standard InChI is InChI=1S/C57H98O5/c1-4-7-10-13-16-19-22-25-27-28-29-31-34-37-40-43-46-49-52-60-53-55(62-57(59)51-48-45-42-39-36-32-24-21-18-15-12-9-6-3)54-61-56(58)50-47-44-41-38-35-33-30-26-23-20-17-14-11-8-5-2/h7,10,12,15-17,19-21,24-27,30,55H,4-6,8-9,11,13-14,18,22-23,28-29,31-54H2,1-3H3/b10-7-,15-12-,19-16-,20-17-,24-21-,27-25-,30-26-. The summed E-state index contributed by atoms with van der Waals surface area (Å²) in [6, 6.07) is 0. The van der Waals surface area contributed by atoms with E-state index in [-0.39, 0.29) is 25.2 Å². The van der Waals surface area contributed by atoms with E-state index in [2.05, 4.69) is 106 Å². The summed E-state index contributed by atoms with van der Waals surface area (Å²) in [6.45, 7) is 7.59. The highest BCUT2D eigenvalue weighted by atomic mass is 16.6. The molecule has 356 valence electrons. The van der Waals surface area contributed by atoms with Gasteiger partial charge in [-0.2, -0.15) is 0 Å². The van der Waals surface area contributed by atoms with Crippen molar-refractivity contribution in [1.82, 2.24) is 0 Å². The van der Waals surface area contributed by atoms with E-state index in [0.717, 1.165) is 103 Å². The van der Waals surface area contributed by atoms with Crippen LogP contribution in [0.5, 0.6) is 0 Å². The summed E-state index contributed by atoms with van der Waals surface area (Å²) in [7, 11) is 0. The molecule has 1 atom stereocenters. The lowest BCUT2D eigenvalue weighted by molar-refractivity contribution is -0.163. The van der Waals surface area contributed by atoms with Crippen molar-refractivity contribution in [2.45, 2.75) is 245 Å². The van der Waals surface area contributed by atoms with Crippen molar-refractivity contribution in [3.8, 4) is 0 Å². The van der Waals surface area contributed by atoms with Crippen molar-refractivity contribution in [2.75, 3.05) is 19.8 Å². The van der Waals surface area contributed by atoms with Gasteiger partial charge in [-0.1, -0.05) is 202 Å². The summed E-state index contributed by atoms with van der Waals surface area (Å²) < 4.78 is 17.4. The Morgan fingerprint density at radius 3 is 1.23 bits per heavy atom. The van der Waals surface area contributed by atoms with E-state index in [1.54, 1.807) is 0 Å². The molecule has 0 amide bonds. The molecule has 5 heteroatoms. The van der Waals surface area contributed by atoms with E-state index in [4.69, 9.17) is 14.2 Å². The van der Waals surface area contributed by atoms with E-state index in [9.17, 15) is 9.59 Å². The molecule has 0 fully saturated rings. The van der Waals surface area contributed by atoms with Crippen molar-refractivity contribution in [3.05, 3.63) is 85.1 Å².